The third-order valence-corrected chi connectivity index (χ3v) is 5.44. The van der Waals surface area contributed by atoms with Gasteiger partial charge in [0.25, 0.3) is 0 Å². The lowest BCUT2D eigenvalue weighted by Gasteiger charge is -2.09. The molecule has 0 aliphatic heterocycles. The summed E-state index contributed by atoms with van der Waals surface area (Å²) in [6.45, 7) is 3.36. The summed E-state index contributed by atoms with van der Waals surface area (Å²) in [5.41, 5.74) is 2.14. The number of nitrogens with zero attached hydrogens (tertiary/aromatic N) is 4. The SMILES string of the molecule is Cc1nnsc1C(=O)Oc1c(C(=O)c2ccc(Cl)cc2)c(C)nn1-c1ccccc1. The van der Waals surface area contributed by atoms with Crippen molar-refractivity contribution in [2.45, 2.75) is 13.8 Å². The molecule has 9 heteroatoms. The van der Waals surface area contributed by atoms with Gasteiger partial charge in [0.2, 0.25) is 5.88 Å². The van der Waals surface area contributed by atoms with Crippen molar-refractivity contribution in [3.8, 4) is 11.6 Å². The van der Waals surface area contributed by atoms with Crippen LogP contribution < -0.4 is 4.74 Å². The van der Waals surface area contributed by atoms with Crippen molar-refractivity contribution in [1.82, 2.24) is 19.4 Å². The minimum atomic E-state index is -0.648. The largest absolute Gasteiger partial charge is 0.402 e. The monoisotopic (exact) mass is 438 g/mol. The molecule has 0 saturated heterocycles. The first-order valence-electron chi connectivity index (χ1n) is 8.92. The summed E-state index contributed by atoms with van der Waals surface area (Å²) >= 11 is 6.87. The van der Waals surface area contributed by atoms with Crippen LogP contribution >= 0.6 is 23.1 Å². The average molecular weight is 439 g/mol. The number of ether oxygens (including phenoxy) is 1. The second kappa shape index (κ2) is 8.17. The van der Waals surface area contributed by atoms with Gasteiger partial charge in [-0.15, -0.1) is 5.10 Å². The molecule has 0 saturated carbocycles. The van der Waals surface area contributed by atoms with E-state index in [1.165, 1.54) is 4.68 Å². The van der Waals surface area contributed by atoms with Gasteiger partial charge in [-0.1, -0.05) is 34.3 Å². The molecule has 0 unspecified atom stereocenters. The van der Waals surface area contributed by atoms with Crippen molar-refractivity contribution < 1.29 is 14.3 Å². The standard InChI is InChI=1S/C21H15ClN4O3S/c1-12-17(18(27)14-8-10-15(22)11-9-14)20(26(24-12)16-6-4-3-5-7-16)29-21(28)19-13(2)23-25-30-19/h3-11H,1-2H3. The van der Waals surface area contributed by atoms with Crippen LogP contribution in [0, 0.1) is 13.8 Å². The van der Waals surface area contributed by atoms with Crippen LogP contribution in [0.15, 0.2) is 54.6 Å². The summed E-state index contributed by atoms with van der Waals surface area (Å²) in [6, 6.07) is 15.6. The molecule has 0 atom stereocenters. The highest BCUT2D eigenvalue weighted by Crippen LogP contribution is 2.30. The molecule has 0 radical (unpaired) electrons. The van der Waals surface area contributed by atoms with Crippen LogP contribution in [0.1, 0.15) is 37.0 Å². The first-order chi connectivity index (χ1) is 14.5. The molecule has 4 aromatic rings. The lowest BCUT2D eigenvalue weighted by atomic mass is 10.0. The Morgan fingerprint density at radius 3 is 2.33 bits per heavy atom. The van der Waals surface area contributed by atoms with Crippen LogP contribution in [-0.2, 0) is 0 Å². The van der Waals surface area contributed by atoms with E-state index in [4.69, 9.17) is 16.3 Å². The van der Waals surface area contributed by atoms with E-state index in [1.807, 2.05) is 18.2 Å². The maximum absolute atomic E-state index is 13.3. The topological polar surface area (TPSA) is 87.0 Å². The van der Waals surface area contributed by atoms with Gasteiger partial charge in [-0.2, -0.15) is 9.78 Å². The molecule has 0 bridgehead atoms. The number of rotatable bonds is 5. The zero-order chi connectivity index (χ0) is 21.3. The number of carbonyl (C=O) groups excluding carboxylic acids is 2. The van der Waals surface area contributed by atoms with Crippen molar-refractivity contribution in [3.05, 3.63) is 87.0 Å². The van der Waals surface area contributed by atoms with Crippen LogP contribution in [0.4, 0.5) is 0 Å². The maximum Gasteiger partial charge on any atom is 0.358 e. The minimum Gasteiger partial charge on any atom is -0.402 e. The molecule has 150 valence electrons. The molecule has 0 aliphatic rings. The number of halogens is 1. The van der Waals surface area contributed by atoms with E-state index in [0.717, 1.165) is 11.5 Å². The first kappa shape index (κ1) is 19.9. The van der Waals surface area contributed by atoms with Crippen molar-refractivity contribution in [2.75, 3.05) is 0 Å². The van der Waals surface area contributed by atoms with E-state index >= 15 is 0 Å². The number of carbonyl (C=O) groups is 2. The van der Waals surface area contributed by atoms with Crippen LogP contribution in [0.5, 0.6) is 5.88 Å². The molecule has 4 rings (SSSR count). The van der Waals surface area contributed by atoms with Gasteiger partial charge in [-0.3, -0.25) is 4.79 Å². The summed E-state index contributed by atoms with van der Waals surface area (Å²) < 4.78 is 10.9. The quantitative estimate of drug-likeness (QED) is 0.338. The van der Waals surface area contributed by atoms with Crippen LogP contribution in [-0.4, -0.2) is 31.1 Å². The fourth-order valence-corrected chi connectivity index (χ4v) is 3.56. The van der Waals surface area contributed by atoms with E-state index in [0.29, 0.717) is 27.7 Å². The Hall–Kier alpha value is -3.36. The molecule has 2 heterocycles. The number of hydrogen-bond acceptors (Lipinski definition) is 7. The molecule has 2 aromatic heterocycles. The van der Waals surface area contributed by atoms with Crippen LogP contribution in [0.3, 0.4) is 0 Å². The molecule has 0 fully saturated rings. The van der Waals surface area contributed by atoms with E-state index < -0.39 is 5.97 Å². The smallest absolute Gasteiger partial charge is 0.358 e. The van der Waals surface area contributed by atoms with Crippen molar-refractivity contribution in [3.63, 3.8) is 0 Å². The van der Waals surface area contributed by atoms with Gasteiger partial charge in [0.05, 0.1) is 17.1 Å². The zero-order valence-corrected chi connectivity index (χ0v) is 17.6. The fourth-order valence-electron chi connectivity index (χ4n) is 2.90. The fraction of sp³-hybridized carbons (Fsp3) is 0.0952. The summed E-state index contributed by atoms with van der Waals surface area (Å²) in [7, 11) is 0. The summed E-state index contributed by atoms with van der Waals surface area (Å²) in [5, 5.41) is 8.83. The van der Waals surface area contributed by atoms with Crippen LogP contribution in [0.25, 0.3) is 5.69 Å². The van der Waals surface area contributed by atoms with E-state index in [9.17, 15) is 9.59 Å². The predicted molar refractivity (Wildman–Crippen MR) is 113 cm³/mol. The lowest BCUT2D eigenvalue weighted by molar-refractivity contribution is 0.0725. The highest BCUT2D eigenvalue weighted by atomic mass is 35.5. The van der Waals surface area contributed by atoms with Crippen molar-refractivity contribution >= 4 is 34.9 Å². The Balaban J connectivity index is 1.84. The van der Waals surface area contributed by atoms with E-state index in [-0.39, 0.29) is 22.1 Å². The van der Waals surface area contributed by atoms with Gasteiger partial charge in [0, 0.05) is 10.6 Å². The average Bonchev–Trinajstić information content (AvgIpc) is 3.31. The number of esters is 1. The third kappa shape index (κ3) is 3.74. The molecule has 30 heavy (non-hydrogen) atoms. The molecule has 0 amide bonds. The Kier molecular flexibility index (Phi) is 5.43. The normalized spacial score (nSPS) is 10.8. The van der Waals surface area contributed by atoms with Crippen molar-refractivity contribution in [1.29, 1.82) is 0 Å². The number of hydrogen-bond donors (Lipinski definition) is 0. The number of aryl methyl sites for hydroxylation is 2. The third-order valence-electron chi connectivity index (χ3n) is 4.38. The molecule has 2 aromatic carbocycles. The zero-order valence-electron chi connectivity index (χ0n) is 16.0. The number of para-hydroxylation sites is 1. The highest BCUT2D eigenvalue weighted by molar-refractivity contribution is 7.07. The summed E-state index contributed by atoms with van der Waals surface area (Å²) in [6.07, 6.45) is 0. The van der Waals surface area contributed by atoms with E-state index in [1.54, 1.807) is 50.2 Å². The Bertz CT molecular complexity index is 1230. The molecular weight excluding hydrogens is 424 g/mol. The second-order valence-electron chi connectivity index (χ2n) is 6.43. The second-order valence-corrected chi connectivity index (χ2v) is 7.62. The Labute approximate surface area is 181 Å². The van der Waals surface area contributed by atoms with Gasteiger partial charge < -0.3 is 4.74 Å². The van der Waals surface area contributed by atoms with Gasteiger partial charge in [-0.05, 0) is 61.8 Å². The molecule has 7 nitrogen and oxygen atoms in total. The minimum absolute atomic E-state index is 0.0384. The Morgan fingerprint density at radius 2 is 1.70 bits per heavy atom. The highest BCUT2D eigenvalue weighted by Gasteiger charge is 2.28. The van der Waals surface area contributed by atoms with Gasteiger partial charge >= 0.3 is 5.97 Å². The van der Waals surface area contributed by atoms with E-state index in [2.05, 4.69) is 14.7 Å². The molecule has 0 aliphatic carbocycles. The summed E-state index contributed by atoms with van der Waals surface area (Å²) in [5.74, 6) is -0.936. The lowest BCUT2D eigenvalue weighted by Crippen LogP contribution is -2.14. The number of ketones is 1. The Morgan fingerprint density at radius 1 is 1.00 bits per heavy atom. The van der Waals surface area contributed by atoms with Gasteiger partial charge in [0.1, 0.15) is 5.56 Å². The molecular formula is C21H15ClN4O3S. The van der Waals surface area contributed by atoms with Crippen LogP contribution in [0.2, 0.25) is 5.02 Å². The first-order valence-corrected chi connectivity index (χ1v) is 10.1. The van der Waals surface area contributed by atoms with Gasteiger partial charge in [0.15, 0.2) is 10.7 Å². The van der Waals surface area contributed by atoms with Crippen molar-refractivity contribution in [2.24, 2.45) is 0 Å². The number of benzene rings is 2. The summed E-state index contributed by atoms with van der Waals surface area (Å²) in [4.78, 5) is 26.3. The molecule has 0 N–H and O–H groups in total. The number of aromatic nitrogens is 4. The molecule has 0 spiro atoms. The van der Waals surface area contributed by atoms with Gasteiger partial charge in [-0.25, -0.2) is 4.79 Å². The maximum atomic E-state index is 13.3. The predicted octanol–water partition coefficient (Wildman–Crippen LogP) is 4.44.